The van der Waals surface area contributed by atoms with Gasteiger partial charge in [-0.05, 0) is 42.7 Å². The van der Waals surface area contributed by atoms with Crippen molar-refractivity contribution in [2.75, 3.05) is 13.1 Å². The molecule has 122 valence electrons. The Kier molecular flexibility index (Phi) is 6.25. The maximum atomic E-state index is 9.39. The molecule has 0 spiro atoms. The molecule has 4 nitrogen and oxygen atoms in total. The Morgan fingerprint density at radius 1 is 1.18 bits per heavy atom. The lowest BCUT2D eigenvalue weighted by Gasteiger charge is -2.41. The Morgan fingerprint density at radius 3 is 2.45 bits per heavy atom. The van der Waals surface area contributed by atoms with Crippen molar-refractivity contribution < 1.29 is 5.11 Å². The molecule has 0 saturated heterocycles. The number of aliphatic hydroxyl groups excluding tert-OH is 1. The number of rotatable bonds is 7. The molecule has 0 bridgehead atoms. The van der Waals surface area contributed by atoms with Crippen LogP contribution in [0.4, 0.5) is 0 Å². The first kappa shape index (κ1) is 16.8. The fourth-order valence-electron chi connectivity index (χ4n) is 2.98. The van der Waals surface area contributed by atoms with Crippen LogP contribution in [0.5, 0.6) is 0 Å². The number of nitrogens with one attached hydrogen (secondary N) is 2. The molecule has 0 aromatic heterocycles. The monoisotopic (exact) mass is 303 g/mol. The van der Waals surface area contributed by atoms with E-state index in [1.54, 1.807) is 0 Å². The number of aliphatic hydroxyl groups is 1. The lowest BCUT2D eigenvalue weighted by molar-refractivity contribution is 0.131. The zero-order chi connectivity index (χ0) is 15.8. The number of hydrogen-bond donors (Lipinski definition) is 3. The van der Waals surface area contributed by atoms with Gasteiger partial charge in [-0.2, -0.15) is 0 Å². The molecule has 0 radical (unpaired) electrons. The highest BCUT2D eigenvalue weighted by molar-refractivity contribution is 5.79. The minimum absolute atomic E-state index is 0.0641. The minimum atomic E-state index is 0.0641. The molecule has 0 unspecified atom stereocenters. The Morgan fingerprint density at radius 2 is 1.91 bits per heavy atom. The predicted molar refractivity (Wildman–Crippen MR) is 91.8 cm³/mol. The van der Waals surface area contributed by atoms with E-state index < -0.39 is 0 Å². The van der Waals surface area contributed by atoms with E-state index in [1.807, 2.05) is 24.3 Å². The Balaban J connectivity index is 1.97. The molecule has 0 aliphatic heterocycles. The zero-order valence-electron chi connectivity index (χ0n) is 13.9. The molecule has 0 heterocycles. The van der Waals surface area contributed by atoms with Gasteiger partial charge in [0, 0.05) is 13.1 Å². The van der Waals surface area contributed by atoms with Crippen molar-refractivity contribution in [3.05, 3.63) is 35.4 Å². The third-order valence-corrected chi connectivity index (χ3v) is 4.84. The molecular formula is C18H29N3O. The standard InChI is InChI=1S/C18H29N3O/c1-3-18(10-7-11-18)14-21-17(19-4-2)20-12-15-8-5-6-9-16(15)13-22/h5-6,8-9,22H,3-4,7,10-14H2,1-2H3,(H2,19,20,21). The molecule has 3 N–H and O–H groups in total. The molecule has 0 amide bonds. The highest BCUT2D eigenvalue weighted by Crippen LogP contribution is 2.42. The number of hydrogen-bond acceptors (Lipinski definition) is 2. The van der Waals surface area contributed by atoms with Crippen LogP contribution in [0.15, 0.2) is 29.3 Å². The third-order valence-electron chi connectivity index (χ3n) is 4.84. The molecule has 1 aromatic carbocycles. The molecule has 1 saturated carbocycles. The lowest BCUT2D eigenvalue weighted by atomic mass is 9.67. The summed E-state index contributed by atoms with van der Waals surface area (Å²) < 4.78 is 0. The van der Waals surface area contributed by atoms with Gasteiger partial charge in [-0.3, -0.25) is 0 Å². The minimum Gasteiger partial charge on any atom is -0.392 e. The van der Waals surface area contributed by atoms with Crippen LogP contribution in [0.2, 0.25) is 0 Å². The molecule has 0 atom stereocenters. The first-order valence-electron chi connectivity index (χ1n) is 8.43. The van der Waals surface area contributed by atoms with E-state index in [9.17, 15) is 5.11 Å². The van der Waals surface area contributed by atoms with E-state index >= 15 is 0 Å². The van der Waals surface area contributed by atoms with Gasteiger partial charge in [0.05, 0.1) is 13.2 Å². The molecule has 22 heavy (non-hydrogen) atoms. The summed E-state index contributed by atoms with van der Waals surface area (Å²) in [6, 6.07) is 7.92. The fraction of sp³-hybridized carbons (Fsp3) is 0.611. The van der Waals surface area contributed by atoms with E-state index in [2.05, 4.69) is 29.5 Å². The molecule has 2 rings (SSSR count). The van der Waals surface area contributed by atoms with Crippen LogP contribution in [0, 0.1) is 5.41 Å². The van der Waals surface area contributed by atoms with Crippen molar-refractivity contribution in [2.24, 2.45) is 10.4 Å². The second-order valence-electron chi connectivity index (χ2n) is 6.18. The Hall–Kier alpha value is -1.55. The van der Waals surface area contributed by atoms with E-state index in [0.717, 1.165) is 30.2 Å². The highest BCUT2D eigenvalue weighted by atomic mass is 16.3. The Bertz CT molecular complexity index is 489. The summed E-state index contributed by atoms with van der Waals surface area (Å²) in [5, 5.41) is 16.2. The maximum absolute atomic E-state index is 9.39. The lowest BCUT2D eigenvalue weighted by Crippen LogP contribution is -2.46. The van der Waals surface area contributed by atoms with Crippen molar-refractivity contribution in [1.82, 2.24) is 10.6 Å². The fourth-order valence-corrected chi connectivity index (χ4v) is 2.98. The maximum Gasteiger partial charge on any atom is 0.191 e. The smallest absolute Gasteiger partial charge is 0.191 e. The summed E-state index contributed by atoms with van der Waals surface area (Å²) in [7, 11) is 0. The van der Waals surface area contributed by atoms with Gasteiger partial charge in [0.25, 0.3) is 0 Å². The summed E-state index contributed by atoms with van der Waals surface area (Å²) >= 11 is 0. The average Bonchev–Trinajstić information content (AvgIpc) is 2.52. The summed E-state index contributed by atoms with van der Waals surface area (Å²) in [5.74, 6) is 0.870. The molecule has 1 aliphatic rings. The van der Waals surface area contributed by atoms with Crippen LogP contribution in [0.25, 0.3) is 0 Å². The summed E-state index contributed by atoms with van der Waals surface area (Å²) in [6.45, 7) is 6.86. The number of guanidine groups is 1. The van der Waals surface area contributed by atoms with Gasteiger partial charge < -0.3 is 15.7 Å². The largest absolute Gasteiger partial charge is 0.392 e. The number of benzene rings is 1. The highest BCUT2D eigenvalue weighted by Gasteiger charge is 2.34. The van der Waals surface area contributed by atoms with Gasteiger partial charge in [0.2, 0.25) is 0 Å². The number of nitrogens with zero attached hydrogens (tertiary/aromatic N) is 1. The topological polar surface area (TPSA) is 56.7 Å². The van der Waals surface area contributed by atoms with Gasteiger partial charge in [0.15, 0.2) is 5.96 Å². The van der Waals surface area contributed by atoms with Crippen molar-refractivity contribution in [1.29, 1.82) is 0 Å². The third kappa shape index (κ3) is 4.23. The van der Waals surface area contributed by atoms with Gasteiger partial charge in [-0.25, -0.2) is 4.99 Å². The van der Waals surface area contributed by atoms with Crippen molar-refractivity contribution in [2.45, 2.75) is 52.7 Å². The van der Waals surface area contributed by atoms with Gasteiger partial charge in [-0.1, -0.05) is 37.6 Å². The van der Waals surface area contributed by atoms with Crippen LogP contribution in [0.1, 0.15) is 50.7 Å². The van der Waals surface area contributed by atoms with E-state index in [-0.39, 0.29) is 6.61 Å². The molecule has 1 fully saturated rings. The Labute approximate surface area is 134 Å². The second kappa shape index (κ2) is 8.18. The first-order chi connectivity index (χ1) is 10.7. The molecule has 1 aromatic rings. The predicted octanol–water partition coefficient (Wildman–Crippen LogP) is 2.81. The van der Waals surface area contributed by atoms with Crippen LogP contribution >= 0.6 is 0 Å². The van der Waals surface area contributed by atoms with Crippen molar-refractivity contribution in [3.63, 3.8) is 0 Å². The van der Waals surface area contributed by atoms with Crippen LogP contribution < -0.4 is 10.6 Å². The van der Waals surface area contributed by atoms with Crippen LogP contribution in [0.3, 0.4) is 0 Å². The number of aliphatic imine (C=N–C) groups is 1. The van der Waals surface area contributed by atoms with E-state index in [4.69, 9.17) is 0 Å². The van der Waals surface area contributed by atoms with Crippen LogP contribution in [-0.4, -0.2) is 24.2 Å². The van der Waals surface area contributed by atoms with E-state index in [1.165, 1.54) is 25.7 Å². The first-order valence-corrected chi connectivity index (χ1v) is 8.43. The van der Waals surface area contributed by atoms with Gasteiger partial charge in [0.1, 0.15) is 0 Å². The quantitative estimate of drug-likeness (QED) is 0.536. The van der Waals surface area contributed by atoms with Crippen LogP contribution in [-0.2, 0) is 13.2 Å². The molecule has 4 heteroatoms. The molecule has 1 aliphatic carbocycles. The second-order valence-corrected chi connectivity index (χ2v) is 6.18. The van der Waals surface area contributed by atoms with E-state index in [0.29, 0.717) is 12.0 Å². The van der Waals surface area contributed by atoms with Crippen molar-refractivity contribution in [3.8, 4) is 0 Å². The summed E-state index contributed by atoms with van der Waals surface area (Å²) in [4.78, 5) is 4.67. The average molecular weight is 303 g/mol. The van der Waals surface area contributed by atoms with Crippen molar-refractivity contribution >= 4 is 5.96 Å². The summed E-state index contributed by atoms with van der Waals surface area (Å²) in [5.41, 5.74) is 2.50. The molecular weight excluding hydrogens is 274 g/mol. The van der Waals surface area contributed by atoms with Gasteiger partial charge >= 0.3 is 0 Å². The SMILES string of the molecule is CCNC(=NCc1ccccc1CO)NCC1(CC)CCC1. The summed E-state index contributed by atoms with van der Waals surface area (Å²) in [6.07, 6.45) is 5.23. The normalized spacial score (nSPS) is 17.0. The van der Waals surface area contributed by atoms with Gasteiger partial charge in [-0.15, -0.1) is 0 Å². The zero-order valence-corrected chi connectivity index (χ0v) is 13.9.